The van der Waals surface area contributed by atoms with Gasteiger partial charge in [-0.2, -0.15) is 12.6 Å². The van der Waals surface area contributed by atoms with Crippen LogP contribution < -0.4 is 0 Å². The SMILES string of the molecule is CC(C)(C)c1nc(CS)cs1. The molecule has 0 spiro atoms. The maximum absolute atomic E-state index is 4.44. The van der Waals surface area contributed by atoms with Gasteiger partial charge in [0.1, 0.15) is 0 Å². The molecular weight excluding hydrogens is 174 g/mol. The van der Waals surface area contributed by atoms with Gasteiger partial charge in [0.05, 0.1) is 10.7 Å². The fourth-order valence-electron chi connectivity index (χ4n) is 0.724. The van der Waals surface area contributed by atoms with Crippen molar-refractivity contribution in [2.45, 2.75) is 31.9 Å². The van der Waals surface area contributed by atoms with Crippen LogP contribution in [-0.4, -0.2) is 4.98 Å². The summed E-state index contributed by atoms with van der Waals surface area (Å²) < 4.78 is 0. The van der Waals surface area contributed by atoms with E-state index in [1.807, 2.05) is 0 Å². The Morgan fingerprint density at radius 3 is 2.45 bits per heavy atom. The van der Waals surface area contributed by atoms with E-state index < -0.39 is 0 Å². The van der Waals surface area contributed by atoms with Gasteiger partial charge in [-0.25, -0.2) is 4.98 Å². The van der Waals surface area contributed by atoms with E-state index in [0.717, 1.165) is 11.4 Å². The molecule has 11 heavy (non-hydrogen) atoms. The monoisotopic (exact) mass is 187 g/mol. The van der Waals surface area contributed by atoms with Crippen LogP contribution in [0.15, 0.2) is 5.38 Å². The molecule has 0 saturated heterocycles. The summed E-state index contributed by atoms with van der Waals surface area (Å²) in [6, 6.07) is 0. The molecule has 0 aromatic carbocycles. The lowest BCUT2D eigenvalue weighted by molar-refractivity contribution is 0.584. The molecule has 1 rings (SSSR count). The van der Waals surface area contributed by atoms with Crippen molar-refractivity contribution in [3.63, 3.8) is 0 Å². The Kier molecular flexibility index (Phi) is 2.60. The third-order valence-electron chi connectivity index (χ3n) is 1.36. The van der Waals surface area contributed by atoms with Crippen molar-refractivity contribution in [2.75, 3.05) is 0 Å². The molecule has 1 aromatic rings. The fourth-order valence-corrected chi connectivity index (χ4v) is 1.92. The van der Waals surface area contributed by atoms with Gasteiger partial charge in [0, 0.05) is 16.5 Å². The fraction of sp³-hybridized carbons (Fsp3) is 0.625. The number of thiazole rings is 1. The quantitative estimate of drug-likeness (QED) is 0.667. The zero-order chi connectivity index (χ0) is 8.48. The van der Waals surface area contributed by atoms with Gasteiger partial charge in [-0.15, -0.1) is 11.3 Å². The first kappa shape index (κ1) is 9.07. The Balaban J connectivity index is 2.89. The summed E-state index contributed by atoms with van der Waals surface area (Å²) in [7, 11) is 0. The average Bonchev–Trinajstić information content (AvgIpc) is 2.32. The second-order valence-corrected chi connectivity index (χ2v) is 4.73. The number of hydrogen-bond donors (Lipinski definition) is 1. The van der Waals surface area contributed by atoms with Crippen molar-refractivity contribution in [3.05, 3.63) is 16.1 Å². The van der Waals surface area contributed by atoms with E-state index in [2.05, 4.69) is 43.8 Å². The van der Waals surface area contributed by atoms with Crippen LogP contribution in [0.4, 0.5) is 0 Å². The van der Waals surface area contributed by atoms with E-state index in [4.69, 9.17) is 0 Å². The molecule has 0 aliphatic heterocycles. The maximum Gasteiger partial charge on any atom is 0.0982 e. The second kappa shape index (κ2) is 3.15. The van der Waals surface area contributed by atoms with Crippen molar-refractivity contribution in [1.82, 2.24) is 4.98 Å². The first-order chi connectivity index (χ1) is 5.04. The summed E-state index contributed by atoms with van der Waals surface area (Å²) in [6.45, 7) is 6.52. The highest BCUT2D eigenvalue weighted by Crippen LogP contribution is 2.25. The van der Waals surface area contributed by atoms with Crippen LogP contribution >= 0.6 is 24.0 Å². The van der Waals surface area contributed by atoms with Gasteiger partial charge in [0.2, 0.25) is 0 Å². The first-order valence-electron chi connectivity index (χ1n) is 3.60. The van der Waals surface area contributed by atoms with E-state index in [1.165, 1.54) is 5.01 Å². The lowest BCUT2D eigenvalue weighted by Crippen LogP contribution is -2.10. The normalized spacial score (nSPS) is 12.0. The van der Waals surface area contributed by atoms with Crippen molar-refractivity contribution in [2.24, 2.45) is 0 Å². The van der Waals surface area contributed by atoms with Crippen LogP contribution in [-0.2, 0) is 11.2 Å². The van der Waals surface area contributed by atoms with Crippen molar-refractivity contribution in [1.29, 1.82) is 0 Å². The minimum atomic E-state index is 0.186. The standard InChI is InChI=1S/C8H13NS2/c1-8(2,3)7-9-6(4-10)5-11-7/h5,10H,4H2,1-3H3. The summed E-state index contributed by atoms with van der Waals surface area (Å²) >= 11 is 5.88. The molecule has 1 nitrogen and oxygen atoms in total. The Hall–Kier alpha value is -0.0200. The van der Waals surface area contributed by atoms with Crippen LogP contribution in [0.2, 0.25) is 0 Å². The molecule has 3 heteroatoms. The minimum absolute atomic E-state index is 0.186. The Morgan fingerprint density at radius 1 is 1.55 bits per heavy atom. The summed E-state index contributed by atoms with van der Waals surface area (Å²) in [5.41, 5.74) is 1.27. The molecule has 0 atom stereocenters. The maximum atomic E-state index is 4.44. The zero-order valence-corrected chi connectivity index (χ0v) is 8.80. The highest BCUT2D eigenvalue weighted by atomic mass is 32.1. The molecule has 0 aliphatic rings. The predicted octanol–water partition coefficient (Wildman–Crippen LogP) is 2.87. The van der Waals surface area contributed by atoms with Crippen LogP contribution in [0, 0.1) is 0 Å². The van der Waals surface area contributed by atoms with E-state index >= 15 is 0 Å². The van der Waals surface area contributed by atoms with Gasteiger partial charge in [-0.1, -0.05) is 20.8 Å². The number of hydrogen-bond acceptors (Lipinski definition) is 3. The molecule has 0 unspecified atom stereocenters. The number of aromatic nitrogens is 1. The van der Waals surface area contributed by atoms with Crippen molar-refractivity contribution < 1.29 is 0 Å². The largest absolute Gasteiger partial charge is 0.245 e. The van der Waals surface area contributed by atoms with E-state index in [0.29, 0.717) is 0 Å². The molecule has 0 N–H and O–H groups in total. The summed E-state index contributed by atoms with van der Waals surface area (Å²) in [4.78, 5) is 4.44. The minimum Gasteiger partial charge on any atom is -0.245 e. The smallest absolute Gasteiger partial charge is 0.0982 e. The molecular formula is C8H13NS2. The van der Waals surface area contributed by atoms with Crippen LogP contribution in [0.3, 0.4) is 0 Å². The van der Waals surface area contributed by atoms with Crippen LogP contribution in [0.25, 0.3) is 0 Å². The van der Waals surface area contributed by atoms with Crippen LogP contribution in [0.5, 0.6) is 0 Å². The van der Waals surface area contributed by atoms with E-state index in [1.54, 1.807) is 11.3 Å². The molecule has 1 aromatic heterocycles. The molecule has 0 fully saturated rings. The van der Waals surface area contributed by atoms with Crippen LogP contribution in [0.1, 0.15) is 31.5 Å². The summed E-state index contributed by atoms with van der Waals surface area (Å²) in [6.07, 6.45) is 0. The number of thiol groups is 1. The molecule has 0 aliphatic carbocycles. The lowest BCUT2D eigenvalue weighted by atomic mass is 9.98. The molecule has 0 amide bonds. The highest BCUT2D eigenvalue weighted by molar-refractivity contribution is 7.79. The molecule has 0 radical (unpaired) electrons. The Labute approximate surface area is 77.3 Å². The van der Waals surface area contributed by atoms with Gasteiger partial charge in [0.15, 0.2) is 0 Å². The Bertz CT molecular complexity index is 234. The third-order valence-corrected chi connectivity index (χ3v) is 3.00. The Morgan fingerprint density at radius 2 is 2.18 bits per heavy atom. The lowest BCUT2D eigenvalue weighted by Gasteiger charge is -2.13. The van der Waals surface area contributed by atoms with Crippen molar-refractivity contribution >= 4 is 24.0 Å². The highest BCUT2D eigenvalue weighted by Gasteiger charge is 2.17. The summed E-state index contributed by atoms with van der Waals surface area (Å²) in [5.74, 6) is 0.743. The zero-order valence-electron chi connectivity index (χ0n) is 7.09. The van der Waals surface area contributed by atoms with Crippen molar-refractivity contribution in [3.8, 4) is 0 Å². The molecule has 0 saturated carbocycles. The van der Waals surface area contributed by atoms with Gasteiger partial charge in [-0.3, -0.25) is 0 Å². The number of nitrogens with zero attached hydrogens (tertiary/aromatic N) is 1. The van der Waals surface area contributed by atoms with Gasteiger partial charge in [0.25, 0.3) is 0 Å². The average molecular weight is 187 g/mol. The predicted molar refractivity (Wildman–Crippen MR) is 53.5 cm³/mol. The molecule has 62 valence electrons. The topological polar surface area (TPSA) is 12.9 Å². The third kappa shape index (κ3) is 2.20. The van der Waals surface area contributed by atoms with Gasteiger partial charge in [-0.05, 0) is 0 Å². The van der Waals surface area contributed by atoms with E-state index in [9.17, 15) is 0 Å². The summed E-state index contributed by atoms with van der Waals surface area (Å²) in [5, 5.41) is 3.27. The van der Waals surface area contributed by atoms with Gasteiger partial charge >= 0.3 is 0 Å². The molecule has 1 heterocycles. The van der Waals surface area contributed by atoms with E-state index in [-0.39, 0.29) is 5.41 Å². The first-order valence-corrected chi connectivity index (χ1v) is 5.11. The second-order valence-electron chi connectivity index (χ2n) is 3.55. The van der Waals surface area contributed by atoms with Gasteiger partial charge < -0.3 is 0 Å². The number of rotatable bonds is 1. The molecule has 0 bridgehead atoms.